The molecule has 1 aliphatic rings. The van der Waals surface area contributed by atoms with Gasteiger partial charge in [-0.2, -0.15) is 0 Å². The topological polar surface area (TPSA) is 64.8 Å². The molecule has 1 atom stereocenters. The van der Waals surface area contributed by atoms with E-state index in [4.69, 9.17) is 15.2 Å². The van der Waals surface area contributed by atoms with Gasteiger partial charge in [0.2, 0.25) is 0 Å². The lowest BCUT2D eigenvalue weighted by Gasteiger charge is -2.25. The van der Waals surface area contributed by atoms with E-state index in [1.54, 1.807) is 4.90 Å². The Morgan fingerprint density at radius 1 is 1.50 bits per heavy atom. The Morgan fingerprint density at radius 2 is 2.32 bits per heavy atom. The van der Waals surface area contributed by atoms with Crippen LogP contribution in [0.3, 0.4) is 0 Å². The van der Waals surface area contributed by atoms with Crippen molar-refractivity contribution < 1.29 is 18.7 Å². The molecule has 1 fully saturated rings. The van der Waals surface area contributed by atoms with Gasteiger partial charge < -0.3 is 20.1 Å². The third-order valence-corrected chi connectivity index (χ3v) is 3.70. The Bertz CT molecular complexity index is 510. The zero-order chi connectivity index (χ0) is 15.9. The molecule has 0 bridgehead atoms. The van der Waals surface area contributed by atoms with Crippen molar-refractivity contribution in [2.75, 3.05) is 32.9 Å². The minimum atomic E-state index is -0.455. The van der Waals surface area contributed by atoms with Gasteiger partial charge in [0.15, 0.2) is 0 Å². The molecule has 1 aromatic carbocycles. The predicted molar refractivity (Wildman–Crippen MR) is 81.5 cm³/mol. The van der Waals surface area contributed by atoms with E-state index < -0.39 is 5.82 Å². The van der Waals surface area contributed by atoms with Crippen LogP contribution in [0.25, 0.3) is 0 Å². The van der Waals surface area contributed by atoms with Crippen molar-refractivity contribution in [1.82, 2.24) is 4.90 Å². The molecule has 122 valence electrons. The molecule has 2 N–H and O–H groups in total. The normalized spacial score (nSPS) is 17.8. The first-order valence-electron chi connectivity index (χ1n) is 7.68. The van der Waals surface area contributed by atoms with Gasteiger partial charge >= 0.3 is 0 Å². The molecular formula is C16H23FN2O3. The number of nitrogens with zero attached hydrogens (tertiary/aromatic N) is 1. The highest BCUT2D eigenvalue weighted by molar-refractivity contribution is 5.97. The summed E-state index contributed by atoms with van der Waals surface area (Å²) in [6, 6.07) is 4.03. The van der Waals surface area contributed by atoms with Gasteiger partial charge in [0.05, 0.1) is 18.2 Å². The maximum Gasteiger partial charge on any atom is 0.258 e. The molecule has 1 saturated heterocycles. The molecule has 0 aliphatic carbocycles. The number of halogens is 1. The second-order valence-electron chi connectivity index (χ2n) is 5.23. The van der Waals surface area contributed by atoms with Crippen LogP contribution < -0.4 is 10.5 Å². The lowest BCUT2D eigenvalue weighted by atomic mass is 10.1. The van der Waals surface area contributed by atoms with E-state index in [9.17, 15) is 9.18 Å². The summed E-state index contributed by atoms with van der Waals surface area (Å²) >= 11 is 0. The van der Waals surface area contributed by atoms with E-state index in [1.807, 2.05) is 6.92 Å². The number of ether oxygens (including phenoxy) is 2. The Morgan fingerprint density at radius 3 is 3.05 bits per heavy atom. The lowest BCUT2D eigenvalue weighted by molar-refractivity contribution is 0.0560. The Hall–Kier alpha value is -1.66. The van der Waals surface area contributed by atoms with Crippen LogP contribution in [-0.2, 0) is 4.74 Å². The van der Waals surface area contributed by atoms with Gasteiger partial charge in [-0.15, -0.1) is 0 Å². The van der Waals surface area contributed by atoms with Crippen molar-refractivity contribution >= 4 is 5.91 Å². The minimum Gasteiger partial charge on any atom is -0.491 e. The third-order valence-electron chi connectivity index (χ3n) is 3.70. The smallest absolute Gasteiger partial charge is 0.258 e. The van der Waals surface area contributed by atoms with Crippen LogP contribution in [0.15, 0.2) is 18.2 Å². The van der Waals surface area contributed by atoms with Gasteiger partial charge in [-0.25, -0.2) is 4.39 Å². The fourth-order valence-electron chi connectivity index (χ4n) is 2.65. The molecule has 0 spiro atoms. The highest BCUT2D eigenvalue weighted by Gasteiger charge is 2.31. The summed E-state index contributed by atoms with van der Waals surface area (Å²) < 4.78 is 24.4. The summed E-state index contributed by atoms with van der Waals surface area (Å²) in [7, 11) is 0. The predicted octanol–water partition coefficient (Wildman–Crippen LogP) is 1.80. The van der Waals surface area contributed by atoms with Crippen LogP contribution in [-0.4, -0.2) is 49.8 Å². The highest BCUT2D eigenvalue weighted by Crippen LogP contribution is 2.26. The number of nitrogens with two attached hydrogens (primary N) is 1. The van der Waals surface area contributed by atoms with Gasteiger partial charge in [-0.1, -0.05) is 0 Å². The molecule has 22 heavy (non-hydrogen) atoms. The van der Waals surface area contributed by atoms with Crippen LogP contribution >= 0.6 is 0 Å². The molecule has 5 nitrogen and oxygen atoms in total. The minimum absolute atomic E-state index is 0.0399. The summed E-state index contributed by atoms with van der Waals surface area (Å²) in [5, 5.41) is 0. The summed E-state index contributed by atoms with van der Waals surface area (Å²) in [6.45, 7) is 4.33. The molecule has 2 rings (SSSR count). The quantitative estimate of drug-likeness (QED) is 0.834. The molecule has 1 aromatic rings. The van der Waals surface area contributed by atoms with Crippen molar-refractivity contribution in [3.05, 3.63) is 29.6 Å². The van der Waals surface area contributed by atoms with E-state index in [0.29, 0.717) is 32.1 Å². The van der Waals surface area contributed by atoms with E-state index in [0.717, 1.165) is 12.8 Å². The first-order chi connectivity index (χ1) is 10.7. The second-order valence-corrected chi connectivity index (χ2v) is 5.23. The largest absolute Gasteiger partial charge is 0.491 e. The Balaban J connectivity index is 2.18. The summed E-state index contributed by atoms with van der Waals surface area (Å²) in [5.41, 5.74) is 5.67. The van der Waals surface area contributed by atoms with Gasteiger partial charge in [-0.05, 0) is 38.0 Å². The molecule has 6 heteroatoms. The zero-order valence-electron chi connectivity index (χ0n) is 12.9. The van der Waals surface area contributed by atoms with E-state index in [2.05, 4.69) is 0 Å². The number of hydrogen-bond donors (Lipinski definition) is 1. The van der Waals surface area contributed by atoms with Crippen LogP contribution in [0, 0.1) is 5.82 Å². The summed E-state index contributed by atoms with van der Waals surface area (Å²) in [5.74, 6) is -0.295. The fraction of sp³-hybridized carbons (Fsp3) is 0.562. The number of likely N-dealkylation sites (tertiary alicyclic amines) is 1. The number of rotatable bonds is 7. The molecule has 0 aromatic heterocycles. The van der Waals surface area contributed by atoms with E-state index in [-0.39, 0.29) is 24.1 Å². The van der Waals surface area contributed by atoms with Gasteiger partial charge in [-0.3, -0.25) is 4.79 Å². The second kappa shape index (κ2) is 8.10. The SMILES string of the molecule is CCOC[C@H]1CCCN1C(=O)c1cc(F)ccc1OCCN. The molecule has 1 aliphatic heterocycles. The highest BCUT2D eigenvalue weighted by atomic mass is 19.1. The monoisotopic (exact) mass is 310 g/mol. The molecule has 1 heterocycles. The number of benzene rings is 1. The molecule has 0 unspecified atom stereocenters. The van der Waals surface area contributed by atoms with Gasteiger partial charge in [0.1, 0.15) is 18.2 Å². The van der Waals surface area contributed by atoms with E-state index >= 15 is 0 Å². The Labute approximate surface area is 130 Å². The maximum absolute atomic E-state index is 13.5. The third kappa shape index (κ3) is 3.96. The average molecular weight is 310 g/mol. The molecule has 1 amide bonds. The van der Waals surface area contributed by atoms with Crippen molar-refractivity contribution in [1.29, 1.82) is 0 Å². The zero-order valence-corrected chi connectivity index (χ0v) is 12.9. The maximum atomic E-state index is 13.5. The molecule has 0 saturated carbocycles. The number of carbonyl (C=O) groups is 1. The Kier molecular flexibility index (Phi) is 6.15. The van der Waals surface area contributed by atoms with Crippen LogP contribution in [0.1, 0.15) is 30.1 Å². The van der Waals surface area contributed by atoms with Gasteiger partial charge in [0.25, 0.3) is 5.91 Å². The van der Waals surface area contributed by atoms with Crippen molar-refractivity contribution in [3.63, 3.8) is 0 Å². The summed E-state index contributed by atoms with van der Waals surface area (Å²) in [4.78, 5) is 14.5. The molecular weight excluding hydrogens is 287 g/mol. The van der Waals surface area contributed by atoms with Crippen LogP contribution in [0.4, 0.5) is 4.39 Å². The summed E-state index contributed by atoms with van der Waals surface area (Å²) in [6.07, 6.45) is 1.83. The van der Waals surface area contributed by atoms with Crippen molar-refractivity contribution in [2.45, 2.75) is 25.8 Å². The number of hydrogen-bond acceptors (Lipinski definition) is 4. The average Bonchev–Trinajstić information content (AvgIpc) is 2.99. The number of amides is 1. The number of carbonyl (C=O) groups excluding carboxylic acids is 1. The van der Waals surface area contributed by atoms with Crippen molar-refractivity contribution in [3.8, 4) is 5.75 Å². The van der Waals surface area contributed by atoms with Crippen LogP contribution in [0.2, 0.25) is 0 Å². The standard InChI is InChI=1S/C16H23FN2O3/c1-2-21-11-13-4-3-8-19(13)16(20)14-10-12(17)5-6-15(14)22-9-7-18/h5-6,10,13H,2-4,7-9,11,18H2,1H3/t13-/m1/s1. The first kappa shape index (κ1) is 16.7. The first-order valence-corrected chi connectivity index (χ1v) is 7.68. The lowest BCUT2D eigenvalue weighted by Crippen LogP contribution is -2.38. The fourth-order valence-corrected chi connectivity index (χ4v) is 2.65. The van der Waals surface area contributed by atoms with Crippen molar-refractivity contribution in [2.24, 2.45) is 5.73 Å². The van der Waals surface area contributed by atoms with Gasteiger partial charge in [0, 0.05) is 19.7 Å². The van der Waals surface area contributed by atoms with Crippen LogP contribution in [0.5, 0.6) is 5.75 Å². The molecule has 0 radical (unpaired) electrons. The van der Waals surface area contributed by atoms with E-state index in [1.165, 1.54) is 18.2 Å².